The first-order valence-corrected chi connectivity index (χ1v) is 9.20. The Morgan fingerprint density at radius 3 is 2.37 bits per heavy atom. The summed E-state index contributed by atoms with van der Waals surface area (Å²) >= 11 is 0. The zero-order valence-electron chi connectivity index (χ0n) is 16.3. The molecule has 1 atom stereocenters. The van der Waals surface area contributed by atoms with Gasteiger partial charge in [0.25, 0.3) is 11.8 Å². The van der Waals surface area contributed by atoms with Crippen LogP contribution in [-0.2, 0) is 9.53 Å². The highest BCUT2D eigenvalue weighted by Gasteiger charge is 2.28. The Hall–Kier alpha value is -2.66. The Balaban J connectivity index is 1.63. The van der Waals surface area contributed by atoms with Gasteiger partial charge in [-0.3, -0.25) is 9.59 Å². The summed E-state index contributed by atoms with van der Waals surface area (Å²) in [6, 6.07) is 11.6. The third kappa shape index (κ3) is 4.37. The molecule has 1 fully saturated rings. The summed E-state index contributed by atoms with van der Waals surface area (Å²) in [7, 11) is 0. The number of anilines is 1. The van der Waals surface area contributed by atoms with Crippen molar-refractivity contribution < 1.29 is 14.3 Å². The molecular formula is C22H26N2O3. The average Bonchev–Trinajstić information content (AvgIpc) is 2.65. The molecule has 0 saturated carbocycles. The number of hydrogen-bond donors (Lipinski definition) is 1. The molecule has 0 radical (unpaired) electrons. The number of amides is 2. The quantitative estimate of drug-likeness (QED) is 0.905. The molecule has 1 heterocycles. The van der Waals surface area contributed by atoms with Crippen molar-refractivity contribution in [2.75, 3.05) is 24.6 Å². The lowest BCUT2D eigenvalue weighted by Gasteiger charge is -2.33. The Bertz CT molecular complexity index is 876. The highest BCUT2D eigenvalue weighted by molar-refractivity contribution is 5.95. The maximum atomic E-state index is 12.4. The van der Waals surface area contributed by atoms with Gasteiger partial charge >= 0.3 is 0 Å². The first-order valence-electron chi connectivity index (χ1n) is 9.20. The van der Waals surface area contributed by atoms with Crippen LogP contribution in [0.3, 0.4) is 0 Å². The van der Waals surface area contributed by atoms with Gasteiger partial charge in [0.05, 0.1) is 12.6 Å². The van der Waals surface area contributed by atoms with E-state index in [-0.39, 0.29) is 24.5 Å². The number of carbonyl (C=O) groups excluding carboxylic acids is 2. The molecule has 1 aliphatic heterocycles. The largest absolute Gasteiger partial charge is 0.365 e. The molecule has 1 N–H and O–H groups in total. The normalized spacial score (nSPS) is 17.1. The van der Waals surface area contributed by atoms with E-state index in [4.69, 9.17) is 4.74 Å². The van der Waals surface area contributed by atoms with Crippen molar-refractivity contribution in [3.05, 3.63) is 64.2 Å². The van der Waals surface area contributed by atoms with Gasteiger partial charge in [-0.15, -0.1) is 0 Å². The average molecular weight is 366 g/mol. The van der Waals surface area contributed by atoms with Crippen LogP contribution in [-0.4, -0.2) is 37.6 Å². The van der Waals surface area contributed by atoms with Crippen molar-refractivity contribution in [1.82, 2.24) is 5.32 Å². The van der Waals surface area contributed by atoms with Crippen LogP contribution >= 0.6 is 0 Å². The van der Waals surface area contributed by atoms with Crippen LogP contribution < -0.4 is 10.2 Å². The van der Waals surface area contributed by atoms with Crippen molar-refractivity contribution in [2.24, 2.45) is 0 Å². The highest BCUT2D eigenvalue weighted by atomic mass is 16.5. The fourth-order valence-corrected chi connectivity index (χ4v) is 3.08. The number of rotatable bonds is 4. The van der Waals surface area contributed by atoms with E-state index < -0.39 is 0 Å². The predicted octanol–water partition coefficient (Wildman–Crippen LogP) is 3.08. The van der Waals surface area contributed by atoms with Crippen molar-refractivity contribution in [2.45, 2.75) is 33.8 Å². The molecule has 142 valence electrons. The zero-order valence-corrected chi connectivity index (χ0v) is 16.3. The highest BCUT2D eigenvalue weighted by Crippen LogP contribution is 2.22. The molecule has 0 spiro atoms. The van der Waals surface area contributed by atoms with Gasteiger partial charge in [0.2, 0.25) is 0 Å². The van der Waals surface area contributed by atoms with Crippen molar-refractivity contribution in [3.8, 4) is 0 Å². The summed E-state index contributed by atoms with van der Waals surface area (Å²) in [5, 5.41) is 2.92. The minimum Gasteiger partial charge on any atom is -0.365 e. The molecule has 1 aliphatic rings. The fourth-order valence-electron chi connectivity index (χ4n) is 3.08. The van der Waals surface area contributed by atoms with Crippen LogP contribution in [0.5, 0.6) is 0 Å². The number of hydrogen-bond acceptors (Lipinski definition) is 3. The standard InChI is InChI=1S/C22H26N2O3/c1-14-5-7-18(9-16(14)3)22(26)23-11-20-12-24(21(25)13-27-20)19-8-6-15(2)17(4)10-19/h5-10,20H,11-13H2,1-4H3,(H,23,26). The summed E-state index contributed by atoms with van der Waals surface area (Å²) in [4.78, 5) is 26.4. The molecule has 2 aromatic rings. The van der Waals surface area contributed by atoms with Crippen LogP contribution in [0.15, 0.2) is 36.4 Å². The Morgan fingerprint density at radius 1 is 1.04 bits per heavy atom. The molecule has 5 nitrogen and oxygen atoms in total. The van der Waals surface area contributed by atoms with Crippen molar-refractivity contribution in [3.63, 3.8) is 0 Å². The summed E-state index contributed by atoms with van der Waals surface area (Å²) in [6.45, 7) is 8.90. The van der Waals surface area contributed by atoms with E-state index in [0.717, 1.165) is 22.4 Å². The number of morpholine rings is 1. The van der Waals surface area contributed by atoms with E-state index >= 15 is 0 Å². The molecule has 0 aromatic heterocycles. The van der Waals surface area contributed by atoms with Crippen LogP contribution in [0.4, 0.5) is 5.69 Å². The molecule has 27 heavy (non-hydrogen) atoms. The van der Waals surface area contributed by atoms with Gasteiger partial charge in [0.1, 0.15) is 6.61 Å². The Morgan fingerprint density at radius 2 is 1.70 bits per heavy atom. The SMILES string of the molecule is Cc1ccc(C(=O)NCC2CN(c3ccc(C)c(C)c3)C(=O)CO2)cc1C. The van der Waals surface area contributed by atoms with Crippen LogP contribution in [0, 0.1) is 27.7 Å². The number of benzene rings is 2. The third-order valence-corrected chi connectivity index (χ3v) is 5.19. The molecule has 5 heteroatoms. The second-order valence-electron chi connectivity index (χ2n) is 7.21. The second-order valence-corrected chi connectivity index (χ2v) is 7.21. The molecule has 1 saturated heterocycles. The first kappa shape index (κ1) is 19.1. The molecule has 2 aromatic carbocycles. The van der Waals surface area contributed by atoms with Gasteiger partial charge in [0, 0.05) is 17.8 Å². The fraction of sp³-hybridized carbons (Fsp3) is 0.364. The summed E-state index contributed by atoms with van der Waals surface area (Å²) in [5.74, 6) is -0.189. The van der Waals surface area contributed by atoms with Gasteiger partial charge in [-0.2, -0.15) is 0 Å². The van der Waals surface area contributed by atoms with E-state index in [2.05, 4.69) is 5.32 Å². The van der Waals surface area contributed by atoms with E-state index in [1.807, 2.05) is 64.1 Å². The minimum absolute atomic E-state index is 0.0249. The van der Waals surface area contributed by atoms with E-state index in [9.17, 15) is 9.59 Å². The van der Waals surface area contributed by atoms with Gasteiger partial charge in [0.15, 0.2) is 0 Å². The van der Waals surface area contributed by atoms with E-state index in [1.54, 1.807) is 4.90 Å². The molecular weight excluding hydrogens is 340 g/mol. The monoisotopic (exact) mass is 366 g/mol. The van der Waals surface area contributed by atoms with Crippen LogP contribution in [0.2, 0.25) is 0 Å². The molecule has 1 unspecified atom stereocenters. The summed E-state index contributed by atoms with van der Waals surface area (Å²) in [6.07, 6.45) is -0.236. The van der Waals surface area contributed by atoms with Gasteiger partial charge < -0.3 is 15.0 Å². The Labute approximate surface area is 160 Å². The second kappa shape index (κ2) is 7.92. The smallest absolute Gasteiger partial charge is 0.253 e. The summed E-state index contributed by atoms with van der Waals surface area (Å²) in [5.41, 5.74) is 6.09. The summed E-state index contributed by atoms with van der Waals surface area (Å²) < 4.78 is 5.62. The molecule has 3 rings (SSSR count). The zero-order chi connectivity index (χ0) is 19.6. The van der Waals surface area contributed by atoms with Crippen LogP contribution in [0.25, 0.3) is 0 Å². The van der Waals surface area contributed by atoms with Gasteiger partial charge in [-0.1, -0.05) is 12.1 Å². The number of ether oxygens (including phenoxy) is 1. The Kier molecular flexibility index (Phi) is 5.61. The lowest BCUT2D eigenvalue weighted by Crippen LogP contribution is -2.50. The number of carbonyl (C=O) groups is 2. The number of nitrogens with zero attached hydrogens (tertiary/aromatic N) is 1. The van der Waals surface area contributed by atoms with Crippen LogP contribution in [0.1, 0.15) is 32.6 Å². The topological polar surface area (TPSA) is 58.6 Å². The third-order valence-electron chi connectivity index (χ3n) is 5.19. The predicted molar refractivity (Wildman–Crippen MR) is 106 cm³/mol. The molecule has 2 amide bonds. The van der Waals surface area contributed by atoms with Crippen molar-refractivity contribution >= 4 is 17.5 Å². The van der Waals surface area contributed by atoms with Gasteiger partial charge in [-0.25, -0.2) is 0 Å². The molecule has 0 aliphatic carbocycles. The first-order chi connectivity index (χ1) is 12.8. The minimum atomic E-state index is -0.236. The van der Waals surface area contributed by atoms with Gasteiger partial charge in [-0.05, 0) is 74.2 Å². The lowest BCUT2D eigenvalue weighted by molar-refractivity contribution is -0.129. The maximum absolute atomic E-state index is 12.4. The van der Waals surface area contributed by atoms with E-state index in [1.165, 1.54) is 5.56 Å². The van der Waals surface area contributed by atoms with E-state index in [0.29, 0.717) is 18.7 Å². The number of aryl methyl sites for hydroxylation is 4. The molecule has 0 bridgehead atoms. The lowest BCUT2D eigenvalue weighted by atomic mass is 10.1. The number of nitrogens with one attached hydrogen (secondary N) is 1. The van der Waals surface area contributed by atoms with Crippen molar-refractivity contribution in [1.29, 1.82) is 0 Å². The maximum Gasteiger partial charge on any atom is 0.253 e.